The number of hydrogen-bond acceptors (Lipinski definition) is 3. The van der Waals surface area contributed by atoms with Crippen molar-refractivity contribution in [2.24, 2.45) is 0 Å². The lowest BCUT2D eigenvalue weighted by atomic mass is 10.2. The lowest BCUT2D eigenvalue weighted by molar-refractivity contribution is -0.139. The van der Waals surface area contributed by atoms with Gasteiger partial charge in [0.2, 0.25) is 0 Å². The Morgan fingerprint density at radius 2 is 2.26 bits per heavy atom. The third kappa shape index (κ3) is 5.14. The first-order chi connectivity index (χ1) is 9.08. The summed E-state index contributed by atoms with van der Waals surface area (Å²) in [6.45, 7) is 5.59. The summed E-state index contributed by atoms with van der Waals surface area (Å²) >= 11 is 1.85. The van der Waals surface area contributed by atoms with E-state index in [-0.39, 0.29) is 12.5 Å². The molecule has 0 aromatic carbocycles. The highest BCUT2D eigenvalue weighted by Gasteiger charge is 2.29. The second-order valence-corrected chi connectivity index (χ2v) is 6.08. The molecule has 6 heteroatoms. The van der Waals surface area contributed by atoms with Gasteiger partial charge in [-0.05, 0) is 25.0 Å². The Morgan fingerprint density at radius 3 is 2.84 bits per heavy atom. The van der Waals surface area contributed by atoms with Crippen molar-refractivity contribution in [1.29, 1.82) is 0 Å². The van der Waals surface area contributed by atoms with Gasteiger partial charge in [-0.3, -0.25) is 0 Å². The maximum atomic E-state index is 11.8. The zero-order valence-corrected chi connectivity index (χ0v) is 12.0. The average Bonchev–Trinajstić information content (AvgIpc) is 2.76. The lowest BCUT2D eigenvalue weighted by Gasteiger charge is -2.21. The van der Waals surface area contributed by atoms with Crippen LogP contribution < -0.4 is 10.6 Å². The molecule has 3 unspecified atom stereocenters. The molecule has 0 spiro atoms. The van der Waals surface area contributed by atoms with Gasteiger partial charge >= 0.3 is 12.0 Å². The van der Waals surface area contributed by atoms with Gasteiger partial charge in [-0.25, -0.2) is 9.59 Å². The lowest BCUT2D eigenvalue weighted by Crippen LogP contribution is -2.50. The Kier molecular flexibility index (Phi) is 6.77. The van der Waals surface area contributed by atoms with Crippen molar-refractivity contribution in [2.75, 3.05) is 5.75 Å². The van der Waals surface area contributed by atoms with Gasteiger partial charge in [0, 0.05) is 11.3 Å². The van der Waals surface area contributed by atoms with Gasteiger partial charge in [-0.1, -0.05) is 19.4 Å². The fourth-order valence-electron chi connectivity index (χ4n) is 2.26. The topological polar surface area (TPSA) is 78.4 Å². The monoisotopic (exact) mass is 286 g/mol. The van der Waals surface area contributed by atoms with Crippen molar-refractivity contribution >= 4 is 23.8 Å². The van der Waals surface area contributed by atoms with Gasteiger partial charge in [0.25, 0.3) is 0 Å². The highest BCUT2D eigenvalue weighted by atomic mass is 32.2. The molecule has 0 radical (unpaired) electrons. The summed E-state index contributed by atoms with van der Waals surface area (Å²) < 4.78 is 0. The van der Waals surface area contributed by atoms with Crippen molar-refractivity contribution in [2.45, 2.75) is 49.9 Å². The van der Waals surface area contributed by atoms with E-state index < -0.39 is 18.0 Å². The zero-order chi connectivity index (χ0) is 14.3. The molecular formula is C13H22N2O3S. The van der Waals surface area contributed by atoms with E-state index in [1.807, 2.05) is 11.8 Å². The van der Waals surface area contributed by atoms with Gasteiger partial charge in [-0.15, -0.1) is 6.58 Å². The van der Waals surface area contributed by atoms with E-state index in [0.717, 1.165) is 25.0 Å². The van der Waals surface area contributed by atoms with Crippen LogP contribution in [0.4, 0.5) is 4.79 Å². The molecule has 3 atom stereocenters. The summed E-state index contributed by atoms with van der Waals surface area (Å²) in [7, 11) is 0. The minimum absolute atomic E-state index is 0.142. The molecule has 2 amide bonds. The molecule has 0 bridgehead atoms. The van der Waals surface area contributed by atoms with Crippen LogP contribution in [-0.4, -0.2) is 40.2 Å². The maximum absolute atomic E-state index is 11.8. The van der Waals surface area contributed by atoms with E-state index >= 15 is 0 Å². The van der Waals surface area contributed by atoms with Gasteiger partial charge in [-0.2, -0.15) is 11.8 Å². The van der Waals surface area contributed by atoms with Crippen molar-refractivity contribution in [3.8, 4) is 0 Å². The number of carboxylic acid groups (broad SMARTS) is 1. The van der Waals surface area contributed by atoms with Crippen LogP contribution in [0.1, 0.15) is 32.6 Å². The molecule has 0 saturated heterocycles. The minimum atomic E-state index is -1.04. The molecule has 0 heterocycles. The van der Waals surface area contributed by atoms with Crippen LogP contribution in [0.5, 0.6) is 0 Å². The Labute approximate surface area is 118 Å². The van der Waals surface area contributed by atoms with Crippen LogP contribution in [0.3, 0.4) is 0 Å². The molecule has 0 aliphatic heterocycles. The Balaban J connectivity index is 2.45. The predicted octanol–water partition coefficient (Wildman–Crippen LogP) is 1.99. The van der Waals surface area contributed by atoms with Gasteiger partial charge in [0.1, 0.15) is 6.04 Å². The Morgan fingerprint density at radius 1 is 1.53 bits per heavy atom. The van der Waals surface area contributed by atoms with E-state index in [1.54, 1.807) is 0 Å². The number of thioether (sulfide) groups is 1. The van der Waals surface area contributed by atoms with Crippen molar-refractivity contribution in [1.82, 2.24) is 10.6 Å². The highest BCUT2D eigenvalue weighted by Crippen LogP contribution is 2.29. The third-order valence-electron chi connectivity index (χ3n) is 3.16. The summed E-state index contributed by atoms with van der Waals surface area (Å²) in [5.74, 6) is -0.0143. The van der Waals surface area contributed by atoms with Crippen LogP contribution in [0, 0.1) is 0 Å². The maximum Gasteiger partial charge on any atom is 0.326 e. The van der Waals surface area contributed by atoms with Crippen LogP contribution in [0.15, 0.2) is 12.7 Å². The third-order valence-corrected chi connectivity index (χ3v) is 4.48. The van der Waals surface area contributed by atoms with E-state index in [2.05, 4.69) is 24.1 Å². The van der Waals surface area contributed by atoms with Gasteiger partial charge in [0.15, 0.2) is 0 Å². The van der Waals surface area contributed by atoms with Gasteiger partial charge in [0.05, 0.1) is 0 Å². The smallest absolute Gasteiger partial charge is 0.326 e. The highest BCUT2D eigenvalue weighted by molar-refractivity contribution is 7.99. The summed E-state index contributed by atoms with van der Waals surface area (Å²) in [5.41, 5.74) is 0. The second kappa shape index (κ2) is 8.09. The number of nitrogens with one attached hydrogen (secondary N) is 2. The van der Waals surface area contributed by atoms with E-state index in [1.165, 1.54) is 6.08 Å². The SMILES string of the molecule is C=CCC(NC(=O)NC1CCCC1SCC)C(=O)O. The number of urea groups is 1. The Hall–Kier alpha value is -1.17. The first-order valence-electron chi connectivity index (χ1n) is 6.60. The number of rotatable bonds is 7. The number of aliphatic carboxylic acids is 1. The second-order valence-electron chi connectivity index (χ2n) is 4.56. The van der Waals surface area contributed by atoms with Gasteiger partial charge < -0.3 is 15.7 Å². The molecule has 1 fully saturated rings. The summed E-state index contributed by atoms with van der Waals surface area (Å²) in [6, 6.07) is -1.16. The zero-order valence-electron chi connectivity index (χ0n) is 11.2. The standard InChI is InChI=1S/C13H22N2O3S/c1-3-6-10(12(16)17)15-13(18)14-9-7-5-8-11(9)19-4-2/h3,9-11H,1,4-8H2,2H3,(H,16,17)(H2,14,15,18). The molecule has 1 saturated carbocycles. The number of carbonyl (C=O) groups is 2. The van der Waals surface area contributed by atoms with E-state index in [0.29, 0.717) is 5.25 Å². The molecule has 1 aliphatic carbocycles. The fraction of sp³-hybridized carbons (Fsp3) is 0.692. The minimum Gasteiger partial charge on any atom is -0.480 e. The number of amides is 2. The number of carboxylic acids is 1. The molecule has 1 rings (SSSR count). The van der Waals surface area contributed by atoms with Crippen LogP contribution in [0.25, 0.3) is 0 Å². The largest absolute Gasteiger partial charge is 0.480 e. The molecule has 5 nitrogen and oxygen atoms in total. The molecule has 3 N–H and O–H groups in total. The number of carbonyl (C=O) groups excluding carboxylic acids is 1. The first kappa shape index (κ1) is 15.9. The van der Waals surface area contributed by atoms with E-state index in [9.17, 15) is 9.59 Å². The fourth-order valence-corrected chi connectivity index (χ4v) is 3.46. The molecule has 0 aromatic rings. The number of hydrogen-bond donors (Lipinski definition) is 3. The van der Waals surface area contributed by atoms with E-state index in [4.69, 9.17) is 5.11 Å². The average molecular weight is 286 g/mol. The van der Waals surface area contributed by atoms with Crippen molar-refractivity contribution in [3.05, 3.63) is 12.7 Å². The molecular weight excluding hydrogens is 264 g/mol. The van der Waals surface area contributed by atoms with Crippen molar-refractivity contribution in [3.63, 3.8) is 0 Å². The normalized spacial score (nSPS) is 23.6. The van der Waals surface area contributed by atoms with Crippen LogP contribution in [0.2, 0.25) is 0 Å². The first-order valence-corrected chi connectivity index (χ1v) is 7.65. The molecule has 1 aliphatic rings. The van der Waals surface area contributed by atoms with Crippen LogP contribution in [-0.2, 0) is 4.79 Å². The summed E-state index contributed by atoms with van der Waals surface area (Å²) in [6.07, 6.45) is 4.89. The van der Waals surface area contributed by atoms with Crippen LogP contribution >= 0.6 is 11.8 Å². The predicted molar refractivity (Wildman–Crippen MR) is 77.5 cm³/mol. The molecule has 19 heavy (non-hydrogen) atoms. The Bertz CT molecular complexity index is 336. The summed E-state index contributed by atoms with van der Waals surface area (Å²) in [4.78, 5) is 22.7. The summed E-state index contributed by atoms with van der Waals surface area (Å²) in [5, 5.41) is 14.8. The molecule has 108 valence electrons. The van der Waals surface area contributed by atoms with Crippen molar-refractivity contribution < 1.29 is 14.7 Å². The quantitative estimate of drug-likeness (QED) is 0.625. The molecule has 0 aromatic heterocycles.